The molecule has 2 fully saturated rings. The van der Waals surface area contributed by atoms with Gasteiger partial charge in [0.05, 0.1) is 6.54 Å². The lowest BCUT2D eigenvalue weighted by atomic mass is 9.94. The van der Waals surface area contributed by atoms with Crippen molar-refractivity contribution < 1.29 is 9.90 Å². The lowest BCUT2D eigenvalue weighted by Gasteiger charge is -2.32. The van der Waals surface area contributed by atoms with E-state index < -0.39 is 5.97 Å². The summed E-state index contributed by atoms with van der Waals surface area (Å²) in [6.45, 7) is 4.58. The van der Waals surface area contributed by atoms with Gasteiger partial charge in [0.25, 0.3) is 0 Å². The van der Waals surface area contributed by atoms with Crippen LogP contribution in [0.5, 0.6) is 0 Å². The van der Waals surface area contributed by atoms with E-state index in [2.05, 4.69) is 11.5 Å². The van der Waals surface area contributed by atoms with Crippen molar-refractivity contribution in [2.45, 2.75) is 31.7 Å². The van der Waals surface area contributed by atoms with E-state index in [9.17, 15) is 4.79 Å². The third kappa shape index (κ3) is 2.23. The zero-order valence-corrected chi connectivity index (χ0v) is 9.06. The molecule has 0 spiro atoms. The Morgan fingerprint density at radius 2 is 2.27 bits per heavy atom. The average molecular weight is 209 g/mol. The van der Waals surface area contributed by atoms with Crippen LogP contribution in [0.1, 0.15) is 25.7 Å². The van der Waals surface area contributed by atoms with Crippen LogP contribution in [0.25, 0.3) is 0 Å². The Morgan fingerprint density at radius 1 is 1.47 bits per heavy atom. The van der Waals surface area contributed by atoms with E-state index in [-0.39, 0.29) is 6.54 Å². The Morgan fingerprint density at radius 3 is 2.73 bits per heavy atom. The summed E-state index contributed by atoms with van der Waals surface area (Å²) in [5, 5.41) is 8.87. The topological polar surface area (TPSA) is 40.5 Å². The maximum atomic E-state index is 10.8. The smallest absolute Gasteiger partial charge is 0.317 e. The molecule has 2 bridgehead atoms. The van der Waals surface area contributed by atoms with Gasteiger partial charge in [0.2, 0.25) is 0 Å². The van der Waals surface area contributed by atoms with Crippen molar-refractivity contribution in [3.63, 3.8) is 0 Å². The van der Waals surface area contributed by atoms with Crippen molar-refractivity contribution in [1.82, 2.24) is 4.90 Å². The van der Waals surface area contributed by atoms with E-state index in [1.165, 1.54) is 25.7 Å². The van der Waals surface area contributed by atoms with E-state index in [4.69, 9.17) is 5.11 Å². The zero-order valence-electron chi connectivity index (χ0n) is 9.06. The number of aliphatic carboxylic acids is 1. The molecule has 0 heterocycles. The molecule has 2 aliphatic rings. The second-order valence-corrected chi connectivity index (χ2v) is 4.85. The second kappa shape index (κ2) is 4.35. The minimum Gasteiger partial charge on any atom is -0.480 e. The van der Waals surface area contributed by atoms with Crippen LogP contribution in [0.2, 0.25) is 0 Å². The van der Waals surface area contributed by atoms with Crippen LogP contribution in [0, 0.1) is 11.8 Å². The van der Waals surface area contributed by atoms with Crippen molar-refractivity contribution in [3.05, 3.63) is 12.7 Å². The van der Waals surface area contributed by atoms with Gasteiger partial charge >= 0.3 is 5.97 Å². The summed E-state index contributed by atoms with van der Waals surface area (Å²) in [6.07, 6.45) is 6.98. The predicted molar refractivity (Wildman–Crippen MR) is 58.6 cm³/mol. The van der Waals surface area contributed by atoms with Gasteiger partial charge in [-0.15, -0.1) is 6.58 Å². The van der Waals surface area contributed by atoms with Gasteiger partial charge in [-0.05, 0) is 31.1 Å². The Kier molecular flexibility index (Phi) is 3.10. The lowest BCUT2D eigenvalue weighted by Crippen LogP contribution is -2.42. The molecule has 0 aliphatic heterocycles. The highest BCUT2D eigenvalue weighted by atomic mass is 16.4. The number of fused-ring (bicyclic) bond motifs is 2. The van der Waals surface area contributed by atoms with Crippen LogP contribution >= 0.6 is 0 Å². The van der Waals surface area contributed by atoms with E-state index >= 15 is 0 Å². The number of rotatable bonds is 5. The molecule has 3 unspecified atom stereocenters. The molecule has 1 N–H and O–H groups in total. The lowest BCUT2D eigenvalue weighted by molar-refractivity contribution is -0.139. The van der Waals surface area contributed by atoms with Crippen molar-refractivity contribution >= 4 is 5.97 Å². The first-order chi connectivity index (χ1) is 7.20. The summed E-state index contributed by atoms with van der Waals surface area (Å²) >= 11 is 0. The number of carboxylic acid groups (broad SMARTS) is 1. The molecule has 0 radical (unpaired) electrons. The fourth-order valence-corrected chi connectivity index (χ4v) is 3.32. The van der Waals surface area contributed by atoms with Crippen LogP contribution in [-0.4, -0.2) is 35.1 Å². The highest BCUT2D eigenvalue weighted by molar-refractivity contribution is 5.69. The normalized spacial score (nSPS) is 33.5. The second-order valence-electron chi connectivity index (χ2n) is 4.85. The minimum atomic E-state index is -0.723. The van der Waals surface area contributed by atoms with Crippen LogP contribution in [-0.2, 0) is 4.79 Å². The van der Waals surface area contributed by atoms with Crippen LogP contribution < -0.4 is 0 Å². The van der Waals surface area contributed by atoms with E-state index in [1.54, 1.807) is 0 Å². The van der Waals surface area contributed by atoms with Crippen molar-refractivity contribution in [2.24, 2.45) is 11.8 Å². The first-order valence-electron chi connectivity index (χ1n) is 5.77. The molecular formula is C12H19NO2. The molecule has 0 aromatic carbocycles. The van der Waals surface area contributed by atoms with Gasteiger partial charge in [0.15, 0.2) is 0 Å². The van der Waals surface area contributed by atoms with Crippen LogP contribution in [0.15, 0.2) is 12.7 Å². The molecule has 2 aliphatic carbocycles. The molecule has 0 saturated heterocycles. The molecule has 3 atom stereocenters. The molecule has 3 heteroatoms. The quantitative estimate of drug-likeness (QED) is 0.701. The molecule has 3 nitrogen and oxygen atoms in total. The number of carboxylic acids is 1. The number of hydrogen-bond donors (Lipinski definition) is 1. The SMILES string of the molecule is C=CCN(CC(=O)O)C1CC2CCC1C2. The molecular weight excluding hydrogens is 190 g/mol. The Labute approximate surface area is 90.8 Å². The third-order valence-electron chi connectivity index (χ3n) is 3.87. The Balaban J connectivity index is 1.98. The highest BCUT2D eigenvalue weighted by Crippen LogP contribution is 2.46. The number of nitrogens with zero attached hydrogens (tertiary/aromatic N) is 1. The number of carbonyl (C=O) groups is 1. The molecule has 2 saturated carbocycles. The third-order valence-corrected chi connectivity index (χ3v) is 3.87. The summed E-state index contributed by atoms with van der Waals surface area (Å²) in [5.74, 6) is 0.884. The van der Waals surface area contributed by atoms with E-state index in [0.29, 0.717) is 12.6 Å². The summed E-state index contributed by atoms with van der Waals surface area (Å²) < 4.78 is 0. The van der Waals surface area contributed by atoms with Gasteiger partial charge in [-0.2, -0.15) is 0 Å². The van der Waals surface area contributed by atoms with Gasteiger partial charge in [-0.25, -0.2) is 0 Å². The largest absolute Gasteiger partial charge is 0.480 e. The summed E-state index contributed by atoms with van der Waals surface area (Å²) in [7, 11) is 0. The molecule has 84 valence electrons. The number of hydrogen-bond acceptors (Lipinski definition) is 2. The first-order valence-corrected chi connectivity index (χ1v) is 5.77. The fraction of sp³-hybridized carbons (Fsp3) is 0.750. The summed E-state index contributed by atoms with van der Waals surface area (Å²) in [5.41, 5.74) is 0. The zero-order chi connectivity index (χ0) is 10.8. The Bertz CT molecular complexity index is 264. The van der Waals surface area contributed by atoms with Crippen molar-refractivity contribution in [2.75, 3.05) is 13.1 Å². The van der Waals surface area contributed by atoms with Gasteiger partial charge in [0.1, 0.15) is 0 Å². The molecule has 0 aromatic rings. The van der Waals surface area contributed by atoms with Gasteiger partial charge in [-0.1, -0.05) is 12.5 Å². The molecule has 0 amide bonds. The fourth-order valence-electron chi connectivity index (χ4n) is 3.32. The van der Waals surface area contributed by atoms with Gasteiger partial charge < -0.3 is 5.11 Å². The Hall–Kier alpha value is -0.830. The van der Waals surface area contributed by atoms with Gasteiger partial charge in [-0.3, -0.25) is 9.69 Å². The maximum absolute atomic E-state index is 10.8. The van der Waals surface area contributed by atoms with Crippen molar-refractivity contribution in [1.29, 1.82) is 0 Å². The summed E-state index contributed by atoms with van der Waals surface area (Å²) in [4.78, 5) is 12.9. The predicted octanol–water partition coefficient (Wildman–Crippen LogP) is 1.75. The highest BCUT2D eigenvalue weighted by Gasteiger charge is 2.42. The molecule has 0 aromatic heterocycles. The van der Waals surface area contributed by atoms with Crippen LogP contribution in [0.4, 0.5) is 0 Å². The van der Waals surface area contributed by atoms with E-state index in [0.717, 1.165) is 11.8 Å². The summed E-state index contributed by atoms with van der Waals surface area (Å²) in [6, 6.07) is 0.498. The van der Waals surface area contributed by atoms with E-state index in [1.807, 2.05) is 6.08 Å². The monoisotopic (exact) mass is 209 g/mol. The van der Waals surface area contributed by atoms with Gasteiger partial charge in [0, 0.05) is 12.6 Å². The first kappa shape index (κ1) is 10.7. The standard InChI is InChI=1S/C12H19NO2/c1-2-5-13(8-12(14)15)11-7-9-3-4-10(11)6-9/h2,9-11H,1,3-8H2,(H,14,15). The molecule has 2 rings (SSSR count). The van der Waals surface area contributed by atoms with Crippen molar-refractivity contribution in [3.8, 4) is 0 Å². The average Bonchev–Trinajstić information content (AvgIpc) is 2.77. The van der Waals surface area contributed by atoms with Crippen LogP contribution in [0.3, 0.4) is 0 Å². The molecule has 15 heavy (non-hydrogen) atoms. The maximum Gasteiger partial charge on any atom is 0.317 e. The minimum absolute atomic E-state index is 0.167.